The zero-order valence-corrected chi connectivity index (χ0v) is 12.6. The summed E-state index contributed by atoms with van der Waals surface area (Å²) in [7, 11) is -3.17. The van der Waals surface area contributed by atoms with Crippen molar-refractivity contribution in [2.24, 2.45) is 5.92 Å². The Morgan fingerprint density at radius 2 is 1.85 bits per heavy atom. The summed E-state index contributed by atoms with van der Waals surface area (Å²) in [6.07, 6.45) is 6.47. The summed E-state index contributed by atoms with van der Waals surface area (Å²) in [5.41, 5.74) is 0. The molecule has 0 saturated heterocycles. The van der Waals surface area contributed by atoms with Crippen LogP contribution in [-0.4, -0.2) is 32.5 Å². The van der Waals surface area contributed by atoms with Crippen molar-refractivity contribution in [2.75, 3.05) is 12.9 Å². The van der Waals surface area contributed by atoms with Crippen molar-refractivity contribution >= 4 is 9.84 Å². The number of benzene rings is 1. The summed E-state index contributed by atoms with van der Waals surface area (Å²) in [5.74, 6) is 1.21. The maximum Gasteiger partial charge on any atom is 0.175 e. The molecule has 0 amide bonds. The van der Waals surface area contributed by atoms with Gasteiger partial charge in [0, 0.05) is 6.26 Å². The Kier molecular flexibility index (Phi) is 5.05. The Hall–Kier alpha value is -1.07. The zero-order valence-electron chi connectivity index (χ0n) is 11.8. The highest BCUT2D eigenvalue weighted by Crippen LogP contribution is 2.28. The fraction of sp³-hybridized carbons (Fsp3) is 0.600. The topological polar surface area (TPSA) is 63.6 Å². The van der Waals surface area contributed by atoms with Gasteiger partial charge in [-0.15, -0.1) is 0 Å². The maximum atomic E-state index is 11.3. The fourth-order valence-electron chi connectivity index (χ4n) is 2.67. The first-order valence-electron chi connectivity index (χ1n) is 7.06. The first-order valence-corrected chi connectivity index (χ1v) is 8.95. The average Bonchev–Trinajstić information content (AvgIpc) is 2.88. The summed E-state index contributed by atoms with van der Waals surface area (Å²) in [6, 6.07) is 6.29. The Bertz CT molecular complexity index is 515. The molecule has 1 aliphatic rings. The van der Waals surface area contributed by atoms with E-state index in [2.05, 4.69) is 0 Å². The van der Waals surface area contributed by atoms with Crippen LogP contribution < -0.4 is 4.74 Å². The van der Waals surface area contributed by atoms with E-state index in [4.69, 9.17) is 4.74 Å². The molecule has 5 heteroatoms. The number of aliphatic hydroxyl groups is 1. The van der Waals surface area contributed by atoms with Crippen molar-refractivity contribution in [3.05, 3.63) is 24.3 Å². The fourth-order valence-corrected chi connectivity index (χ4v) is 3.30. The molecule has 1 aromatic carbocycles. The van der Waals surface area contributed by atoms with Crippen molar-refractivity contribution in [1.82, 2.24) is 0 Å². The van der Waals surface area contributed by atoms with E-state index in [1.165, 1.54) is 44.1 Å². The molecule has 0 aromatic heterocycles. The predicted molar refractivity (Wildman–Crippen MR) is 77.6 cm³/mol. The van der Waals surface area contributed by atoms with Gasteiger partial charge in [0.1, 0.15) is 12.4 Å². The molecule has 1 aromatic rings. The van der Waals surface area contributed by atoms with Crippen molar-refractivity contribution < 1.29 is 18.3 Å². The van der Waals surface area contributed by atoms with Crippen molar-refractivity contribution in [3.8, 4) is 5.75 Å². The third kappa shape index (κ3) is 4.49. The molecule has 0 spiro atoms. The molecule has 1 aliphatic carbocycles. The molecule has 0 radical (unpaired) electrons. The van der Waals surface area contributed by atoms with Crippen LogP contribution in [0.4, 0.5) is 0 Å². The largest absolute Gasteiger partial charge is 0.491 e. The van der Waals surface area contributed by atoms with Crippen molar-refractivity contribution in [1.29, 1.82) is 0 Å². The third-order valence-electron chi connectivity index (χ3n) is 3.77. The van der Waals surface area contributed by atoms with Gasteiger partial charge < -0.3 is 9.84 Å². The molecule has 0 heterocycles. The molecule has 2 rings (SSSR count). The van der Waals surface area contributed by atoms with Crippen molar-refractivity contribution in [3.63, 3.8) is 0 Å². The first kappa shape index (κ1) is 15.3. The second kappa shape index (κ2) is 6.59. The van der Waals surface area contributed by atoms with Gasteiger partial charge in [0.2, 0.25) is 0 Å². The summed E-state index contributed by atoms with van der Waals surface area (Å²) in [5, 5.41) is 9.93. The number of ether oxygens (including phenoxy) is 1. The van der Waals surface area contributed by atoms with Crippen LogP contribution >= 0.6 is 0 Å². The first-order chi connectivity index (χ1) is 9.45. The number of hydrogen-bond acceptors (Lipinski definition) is 4. The van der Waals surface area contributed by atoms with Gasteiger partial charge in [0.05, 0.1) is 11.0 Å². The highest BCUT2D eigenvalue weighted by atomic mass is 32.2. The van der Waals surface area contributed by atoms with E-state index >= 15 is 0 Å². The Labute approximate surface area is 120 Å². The molecule has 1 N–H and O–H groups in total. The molecular weight excluding hydrogens is 276 g/mol. The van der Waals surface area contributed by atoms with Crippen LogP contribution in [0.15, 0.2) is 29.2 Å². The molecular formula is C15H22O4S. The third-order valence-corrected chi connectivity index (χ3v) is 4.90. The second-order valence-electron chi connectivity index (χ2n) is 5.59. The van der Waals surface area contributed by atoms with Crippen LogP contribution in [0.25, 0.3) is 0 Å². The van der Waals surface area contributed by atoms with Gasteiger partial charge in [-0.1, -0.05) is 25.7 Å². The summed E-state index contributed by atoms with van der Waals surface area (Å²) in [6.45, 7) is 0.259. The second-order valence-corrected chi connectivity index (χ2v) is 7.61. The van der Waals surface area contributed by atoms with Crippen LogP contribution in [0.5, 0.6) is 5.75 Å². The number of aliphatic hydroxyl groups excluding tert-OH is 1. The van der Waals surface area contributed by atoms with E-state index in [1.807, 2.05) is 0 Å². The van der Waals surface area contributed by atoms with Crippen LogP contribution in [-0.2, 0) is 9.84 Å². The van der Waals surface area contributed by atoms with Gasteiger partial charge >= 0.3 is 0 Å². The molecule has 0 bridgehead atoms. The Morgan fingerprint density at radius 3 is 2.40 bits per heavy atom. The standard InChI is InChI=1S/C15H22O4S/c1-20(17,18)15-8-6-14(7-9-15)19-11-13(16)10-12-4-2-3-5-12/h6-9,12-13,16H,2-5,10-11H2,1H3. The molecule has 112 valence electrons. The average molecular weight is 298 g/mol. The summed E-state index contributed by atoms with van der Waals surface area (Å²) in [4.78, 5) is 0.274. The minimum Gasteiger partial charge on any atom is -0.491 e. The summed E-state index contributed by atoms with van der Waals surface area (Å²) < 4.78 is 28.1. The number of rotatable bonds is 6. The number of sulfone groups is 1. The summed E-state index contributed by atoms with van der Waals surface area (Å²) >= 11 is 0. The molecule has 20 heavy (non-hydrogen) atoms. The SMILES string of the molecule is CS(=O)(=O)c1ccc(OCC(O)CC2CCCC2)cc1. The minimum absolute atomic E-state index is 0.259. The molecule has 1 saturated carbocycles. The lowest BCUT2D eigenvalue weighted by Gasteiger charge is -2.16. The van der Waals surface area contributed by atoms with Crippen LogP contribution in [0.2, 0.25) is 0 Å². The normalized spacial score (nSPS) is 18.1. The molecule has 1 fully saturated rings. The molecule has 0 aliphatic heterocycles. The molecule has 1 atom stereocenters. The Morgan fingerprint density at radius 1 is 1.25 bits per heavy atom. The lowest BCUT2D eigenvalue weighted by Crippen LogP contribution is -2.20. The lowest BCUT2D eigenvalue weighted by molar-refractivity contribution is 0.0855. The zero-order chi connectivity index (χ0) is 14.6. The van der Waals surface area contributed by atoms with Gasteiger partial charge in [-0.3, -0.25) is 0 Å². The Balaban J connectivity index is 1.81. The monoisotopic (exact) mass is 298 g/mol. The van der Waals surface area contributed by atoms with Gasteiger partial charge in [0.25, 0.3) is 0 Å². The number of hydrogen-bond donors (Lipinski definition) is 1. The predicted octanol–water partition coefficient (Wildman–Crippen LogP) is 2.41. The van der Waals surface area contributed by atoms with Gasteiger partial charge in [-0.2, -0.15) is 0 Å². The van der Waals surface area contributed by atoms with Gasteiger partial charge in [-0.05, 0) is 36.6 Å². The van der Waals surface area contributed by atoms with Crippen LogP contribution in [0.3, 0.4) is 0 Å². The van der Waals surface area contributed by atoms with E-state index in [9.17, 15) is 13.5 Å². The van der Waals surface area contributed by atoms with E-state index in [1.54, 1.807) is 12.1 Å². The van der Waals surface area contributed by atoms with Crippen LogP contribution in [0.1, 0.15) is 32.1 Å². The minimum atomic E-state index is -3.17. The lowest BCUT2D eigenvalue weighted by atomic mass is 10.0. The van der Waals surface area contributed by atoms with E-state index in [0.717, 1.165) is 6.42 Å². The van der Waals surface area contributed by atoms with E-state index in [0.29, 0.717) is 11.7 Å². The van der Waals surface area contributed by atoms with E-state index < -0.39 is 15.9 Å². The van der Waals surface area contributed by atoms with Gasteiger partial charge in [-0.25, -0.2) is 8.42 Å². The molecule has 4 nitrogen and oxygen atoms in total. The molecule has 1 unspecified atom stereocenters. The van der Waals surface area contributed by atoms with Crippen molar-refractivity contribution in [2.45, 2.75) is 43.1 Å². The van der Waals surface area contributed by atoms with E-state index in [-0.39, 0.29) is 11.5 Å². The quantitative estimate of drug-likeness (QED) is 0.876. The smallest absolute Gasteiger partial charge is 0.175 e. The van der Waals surface area contributed by atoms with Crippen LogP contribution in [0, 0.1) is 5.92 Å². The van der Waals surface area contributed by atoms with Gasteiger partial charge in [0.15, 0.2) is 9.84 Å². The highest BCUT2D eigenvalue weighted by molar-refractivity contribution is 7.90. The maximum absolute atomic E-state index is 11.3. The highest BCUT2D eigenvalue weighted by Gasteiger charge is 2.19.